The molecule has 0 saturated heterocycles. The van der Waals surface area contributed by atoms with Gasteiger partial charge in [0.1, 0.15) is 0 Å². The van der Waals surface area contributed by atoms with Gasteiger partial charge in [-0.2, -0.15) is 0 Å². The molecule has 0 bridgehead atoms. The van der Waals surface area contributed by atoms with E-state index < -0.39 is 0 Å². The first kappa shape index (κ1) is 24.0. The van der Waals surface area contributed by atoms with E-state index in [0.717, 1.165) is 36.7 Å². The van der Waals surface area contributed by atoms with E-state index in [2.05, 4.69) is 44.3 Å². The van der Waals surface area contributed by atoms with Crippen LogP contribution in [0.4, 0.5) is 0 Å². The molecule has 158 valence electrons. The Labute approximate surface area is 171 Å². The van der Waals surface area contributed by atoms with Crippen LogP contribution in [0.2, 0.25) is 0 Å². The lowest BCUT2D eigenvalue weighted by Crippen LogP contribution is -2.45. The summed E-state index contributed by atoms with van der Waals surface area (Å²) >= 11 is 0. The normalized spacial score (nSPS) is 12.0. The number of rotatable bonds is 9. The molecule has 0 aromatic heterocycles. The molecule has 0 aliphatic heterocycles. The maximum Gasteiger partial charge on any atom is 0.242 e. The number of aliphatic imine (C=N–C) groups is 1. The number of hydrogen-bond acceptors (Lipinski definition) is 3. The van der Waals surface area contributed by atoms with Crippen molar-refractivity contribution < 1.29 is 9.53 Å². The van der Waals surface area contributed by atoms with Gasteiger partial charge in [0, 0.05) is 26.7 Å². The highest BCUT2D eigenvalue weighted by Crippen LogP contribution is 2.13. The maximum atomic E-state index is 12.4. The third-order valence-electron chi connectivity index (χ3n) is 4.26. The molecule has 0 fully saturated rings. The summed E-state index contributed by atoms with van der Waals surface area (Å²) in [6, 6.07) is 8.29. The summed E-state index contributed by atoms with van der Waals surface area (Å²) in [6.45, 7) is 15.8. The Morgan fingerprint density at radius 2 is 1.79 bits per heavy atom. The van der Waals surface area contributed by atoms with Gasteiger partial charge in [0.15, 0.2) is 5.96 Å². The van der Waals surface area contributed by atoms with Crippen LogP contribution in [0.15, 0.2) is 29.3 Å². The lowest BCUT2D eigenvalue weighted by molar-refractivity contribution is -0.131. The zero-order valence-corrected chi connectivity index (χ0v) is 18.7. The Morgan fingerprint density at radius 3 is 2.36 bits per heavy atom. The molecule has 0 aliphatic rings. The quantitative estimate of drug-likeness (QED) is 0.519. The van der Waals surface area contributed by atoms with Crippen molar-refractivity contribution in [1.29, 1.82) is 0 Å². The molecule has 1 amide bonds. The predicted molar refractivity (Wildman–Crippen MR) is 116 cm³/mol. The molecule has 1 aromatic carbocycles. The topological polar surface area (TPSA) is 57.2 Å². The molecule has 0 atom stereocenters. The number of guanidine groups is 1. The summed E-state index contributed by atoms with van der Waals surface area (Å²) in [7, 11) is 1.90. The van der Waals surface area contributed by atoms with Gasteiger partial charge in [-0.1, -0.05) is 24.3 Å². The van der Waals surface area contributed by atoms with Gasteiger partial charge in [-0.05, 0) is 52.7 Å². The van der Waals surface area contributed by atoms with Crippen molar-refractivity contribution in [2.75, 3.05) is 33.2 Å². The van der Waals surface area contributed by atoms with E-state index in [-0.39, 0.29) is 11.5 Å². The second-order valence-electron chi connectivity index (χ2n) is 7.81. The van der Waals surface area contributed by atoms with Crippen LogP contribution in [0.25, 0.3) is 0 Å². The van der Waals surface area contributed by atoms with Crippen molar-refractivity contribution in [1.82, 2.24) is 15.1 Å². The summed E-state index contributed by atoms with van der Waals surface area (Å²) in [5.74, 6) is 0.846. The fraction of sp³-hybridized carbons (Fsp3) is 0.636. The molecule has 28 heavy (non-hydrogen) atoms. The molecule has 0 unspecified atom stereocenters. The van der Waals surface area contributed by atoms with E-state index in [1.54, 1.807) is 0 Å². The van der Waals surface area contributed by atoms with E-state index in [0.29, 0.717) is 19.7 Å². The standard InChI is InChI=1S/C22H38N4O2/c1-8-23-21(25(7)16-20(27)26(9-2)10-3)24-15-18-12-11-13-19(14-18)17-28-22(4,5)6/h11-14H,8-10,15-17H2,1-7H3,(H,23,24). The van der Waals surface area contributed by atoms with Crippen molar-refractivity contribution in [3.05, 3.63) is 35.4 Å². The van der Waals surface area contributed by atoms with Crippen molar-refractivity contribution in [2.24, 2.45) is 4.99 Å². The molecular formula is C22H38N4O2. The first-order valence-electron chi connectivity index (χ1n) is 10.2. The Hall–Kier alpha value is -2.08. The minimum absolute atomic E-state index is 0.111. The number of carbonyl (C=O) groups is 1. The Morgan fingerprint density at radius 1 is 1.14 bits per heavy atom. The minimum Gasteiger partial charge on any atom is -0.371 e. The van der Waals surface area contributed by atoms with Gasteiger partial charge in [0.2, 0.25) is 5.91 Å². The smallest absolute Gasteiger partial charge is 0.242 e. The molecule has 1 rings (SSSR count). The Bertz CT molecular complexity index is 634. The average Bonchev–Trinajstić information content (AvgIpc) is 2.64. The molecule has 6 nitrogen and oxygen atoms in total. The molecule has 0 saturated carbocycles. The highest BCUT2D eigenvalue weighted by Gasteiger charge is 2.15. The second-order valence-corrected chi connectivity index (χ2v) is 7.81. The molecule has 6 heteroatoms. The maximum absolute atomic E-state index is 12.4. The van der Waals surface area contributed by atoms with E-state index >= 15 is 0 Å². The molecule has 1 aromatic rings. The van der Waals surface area contributed by atoms with Crippen LogP contribution >= 0.6 is 0 Å². The highest BCUT2D eigenvalue weighted by atomic mass is 16.5. The van der Waals surface area contributed by atoms with Crippen LogP contribution in [0.5, 0.6) is 0 Å². The Kier molecular flexibility index (Phi) is 10.0. The average molecular weight is 391 g/mol. The molecule has 0 spiro atoms. The van der Waals surface area contributed by atoms with Crippen LogP contribution in [0.3, 0.4) is 0 Å². The van der Waals surface area contributed by atoms with Crippen LogP contribution in [0, 0.1) is 0 Å². The fourth-order valence-electron chi connectivity index (χ4n) is 2.71. The van der Waals surface area contributed by atoms with Crippen molar-refractivity contribution in [3.63, 3.8) is 0 Å². The predicted octanol–water partition coefficient (Wildman–Crippen LogP) is 3.27. The Balaban J connectivity index is 2.79. The zero-order valence-electron chi connectivity index (χ0n) is 18.7. The minimum atomic E-state index is -0.160. The van der Waals surface area contributed by atoms with Crippen molar-refractivity contribution >= 4 is 11.9 Å². The van der Waals surface area contributed by atoms with Gasteiger partial charge in [-0.15, -0.1) is 0 Å². The summed E-state index contributed by atoms with van der Waals surface area (Å²) in [6.07, 6.45) is 0. The first-order chi connectivity index (χ1) is 13.2. The summed E-state index contributed by atoms with van der Waals surface area (Å²) in [5, 5.41) is 3.27. The lowest BCUT2D eigenvalue weighted by atomic mass is 10.1. The van der Waals surface area contributed by atoms with Gasteiger partial charge < -0.3 is 19.9 Å². The van der Waals surface area contributed by atoms with Gasteiger partial charge in [0.25, 0.3) is 0 Å². The van der Waals surface area contributed by atoms with Gasteiger partial charge in [-0.3, -0.25) is 4.79 Å². The van der Waals surface area contributed by atoms with Crippen molar-refractivity contribution in [3.8, 4) is 0 Å². The lowest BCUT2D eigenvalue weighted by Gasteiger charge is -2.25. The zero-order chi connectivity index (χ0) is 21.2. The molecular weight excluding hydrogens is 352 g/mol. The SMILES string of the molecule is CCNC(=NCc1cccc(COC(C)(C)C)c1)N(C)CC(=O)N(CC)CC. The molecule has 0 radical (unpaired) electrons. The van der Waals surface area contributed by atoms with Gasteiger partial charge in [-0.25, -0.2) is 4.99 Å². The van der Waals surface area contributed by atoms with Crippen LogP contribution in [0.1, 0.15) is 52.7 Å². The van der Waals surface area contributed by atoms with Crippen LogP contribution in [-0.4, -0.2) is 60.5 Å². The van der Waals surface area contributed by atoms with E-state index in [9.17, 15) is 4.79 Å². The number of likely N-dealkylation sites (N-methyl/N-ethyl adjacent to an activating group) is 2. The van der Waals surface area contributed by atoms with E-state index in [1.165, 1.54) is 0 Å². The van der Waals surface area contributed by atoms with Crippen LogP contribution < -0.4 is 5.32 Å². The first-order valence-corrected chi connectivity index (χ1v) is 10.2. The molecule has 0 heterocycles. The number of benzene rings is 1. The molecule has 0 aliphatic carbocycles. The highest BCUT2D eigenvalue weighted by molar-refractivity contribution is 5.86. The summed E-state index contributed by atoms with van der Waals surface area (Å²) in [4.78, 5) is 20.8. The number of hydrogen-bond donors (Lipinski definition) is 1. The van der Waals surface area contributed by atoms with Crippen LogP contribution in [-0.2, 0) is 22.7 Å². The van der Waals surface area contributed by atoms with E-state index in [4.69, 9.17) is 9.73 Å². The third-order valence-corrected chi connectivity index (χ3v) is 4.26. The number of amides is 1. The summed E-state index contributed by atoms with van der Waals surface area (Å²) in [5.41, 5.74) is 2.10. The summed E-state index contributed by atoms with van der Waals surface area (Å²) < 4.78 is 5.86. The monoisotopic (exact) mass is 390 g/mol. The van der Waals surface area contributed by atoms with Gasteiger partial charge in [0.05, 0.1) is 25.3 Å². The van der Waals surface area contributed by atoms with E-state index in [1.807, 2.05) is 43.7 Å². The molecule has 1 N–H and O–H groups in total. The fourth-order valence-corrected chi connectivity index (χ4v) is 2.71. The second kappa shape index (κ2) is 11.7. The third kappa shape index (κ3) is 8.74. The largest absolute Gasteiger partial charge is 0.371 e. The number of nitrogens with one attached hydrogen (secondary N) is 1. The van der Waals surface area contributed by atoms with Gasteiger partial charge >= 0.3 is 0 Å². The van der Waals surface area contributed by atoms with Crippen molar-refractivity contribution in [2.45, 2.75) is 60.3 Å². The number of ether oxygens (including phenoxy) is 1. The number of nitrogens with zero attached hydrogens (tertiary/aromatic N) is 3. The number of carbonyl (C=O) groups excluding carboxylic acids is 1.